The van der Waals surface area contributed by atoms with Crippen LogP contribution in [0.2, 0.25) is 0 Å². The van der Waals surface area contributed by atoms with Crippen LogP contribution in [0.3, 0.4) is 0 Å². The Labute approximate surface area is 197 Å². The first-order valence-corrected chi connectivity index (χ1v) is 12.2. The molecule has 0 saturated carbocycles. The fraction of sp³-hybridized carbons (Fsp3) is 0.690. The summed E-state index contributed by atoms with van der Waals surface area (Å²) in [5.41, 5.74) is 4.19. The molecule has 0 amide bonds. The highest BCUT2D eigenvalue weighted by atomic mass is 16.4. The molecule has 3 heteroatoms. The molecule has 32 heavy (non-hydrogen) atoms. The molecule has 1 aliphatic heterocycles. The molecule has 1 heterocycles. The summed E-state index contributed by atoms with van der Waals surface area (Å²) in [6, 6.07) is 8.77. The van der Waals surface area contributed by atoms with E-state index in [1.165, 1.54) is 28.7 Å². The average Bonchev–Trinajstić information content (AvgIpc) is 2.58. The van der Waals surface area contributed by atoms with Gasteiger partial charge < -0.3 is 5.11 Å². The first-order valence-electron chi connectivity index (χ1n) is 12.2. The maximum absolute atomic E-state index is 12.1. The van der Waals surface area contributed by atoms with Gasteiger partial charge >= 0.3 is 5.97 Å². The zero-order chi connectivity index (χ0) is 25.1. The van der Waals surface area contributed by atoms with Gasteiger partial charge in [0.05, 0.1) is 5.92 Å². The molecule has 1 N–H and O–H groups in total. The van der Waals surface area contributed by atoms with Crippen LogP contribution in [-0.4, -0.2) is 32.6 Å². The van der Waals surface area contributed by atoms with Gasteiger partial charge in [-0.25, -0.2) is 0 Å². The van der Waals surface area contributed by atoms with Crippen molar-refractivity contribution < 1.29 is 9.90 Å². The van der Waals surface area contributed by atoms with Crippen molar-refractivity contribution in [2.75, 3.05) is 0 Å². The SMILES string of the molecule is CC1=C(C(C)(C)N2C(C)(C)C(C(=O)O)C2(C)C)C(C)(C)C(C)(C)c2ccccc21.CCC. The van der Waals surface area contributed by atoms with E-state index in [4.69, 9.17) is 0 Å². The molecule has 0 aromatic heterocycles. The third-order valence-corrected chi connectivity index (χ3v) is 8.55. The Balaban J connectivity index is 0.00000114. The number of rotatable bonds is 3. The van der Waals surface area contributed by atoms with Gasteiger partial charge in [0.1, 0.15) is 0 Å². The minimum Gasteiger partial charge on any atom is -0.481 e. The number of hydrogen-bond acceptors (Lipinski definition) is 2. The molecule has 3 rings (SSSR count). The van der Waals surface area contributed by atoms with Crippen LogP contribution in [0.15, 0.2) is 29.8 Å². The van der Waals surface area contributed by atoms with E-state index in [1.54, 1.807) is 0 Å². The highest BCUT2D eigenvalue weighted by molar-refractivity contribution is 5.78. The highest BCUT2D eigenvalue weighted by Gasteiger charge is 2.68. The van der Waals surface area contributed by atoms with Gasteiger partial charge in [-0.2, -0.15) is 0 Å². The lowest BCUT2D eigenvalue weighted by molar-refractivity contribution is -0.224. The number of likely N-dealkylation sites (tertiary alicyclic amines) is 1. The Bertz CT molecular complexity index is 899. The molecule has 1 aromatic carbocycles. The topological polar surface area (TPSA) is 40.5 Å². The maximum Gasteiger partial charge on any atom is 0.310 e. The normalized spacial score (nSPS) is 23.5. The molecule has 1 aliphatic carbocycles. The smallest absolute Gasteiger partial charge is 0.310 e. The quantitative estimate of drug-likeness (QED) is 0.526. The number of hydrogen-bond donors (Lipinski definition) is 1. The summed E-state index contributed by atoms with van der Waals surface area (Å²) >= 11 is 0. The molecule has 2 aliphatic rings. The van der Waals surface area contributed by atoms with Crippen molar-refractivity contribution in [1.29, 1.82) is 0 Å². The number of fused-ring (bicyclic) bond motifs is 1. The zero-order valence-corrected chi connectivity index (χ0v) is 22.9. The average molecular weight is 442 g/mol. The number of benzene rings is 1. The predicted octanol–water partition coefficient (Wildman–Crippen LogP) is 7.55. The number of allylic oxidation sites excluding steroid dienone is 1. The number of aliphatic carboxylic acids is 1. The largest absolute Gasteiger partial charge is 0.481 e. The van der Waals surface area contributed by atoms with Gasteiger partial charge in [-0.3, -0.25) is 9.69 Å². The van der Waals surface area contributed by atoms with E-state index in [1.807, 2.05) is 0 Å². The molecule has 0 radical (unpaired) electrons. The van der Waals surface area contributed by atoms with Gasteiger partial charge in [0, 0.05) is 16.6 Å². The Hall–Kier alpha value is -1.61. The van der Waals surface area contributed by atoms with Crippen LogP contribution in [0.25, 0.3) is 5.57 Å². The van der Waals surface area contributed by atoms with Crippen LogP contribution in [0.5, 0.6) is 0 Å². The van der Waals surface area contributed by atoms with Gasteiger partial charge in [-0.1, -0.05) is 72.2 Å². The van der Waals surface area contributed by atoms with Crippen molar-refractivity contribution in [3.8, 4) is 0 Å². The molecular formula is C29H47NO2. The number of carboxylic acids is 1. The Morgan fingerprint density at radius 3 is 1.81 bits per heavy atom. The van der Waals surface area contributed by atoms with Crippen LogP contribution < -0.4 is 0 Å². The van der Waals surface area contributed by atoms with Crippen molar-refractivity contribution in [3.63, 3.8) is 0 Å². The lowest BCUT2D eigenvalue weighted by Crippen LogP contribution is -2.83. The van der Waals surface area contributed by atoms with Gasteiger partial charge in [0.2, 0.25) is 0 Å². The van der Waals surface area contributed by atoms with E-state index < -0.39 is 23.0 Å². The first-order chi connectivity index (χ1) is 14.4. The van der Waals surface area contributed by atoms with E-state index >= 15 is 0 Å². The fourth-order valence-electron chi connectivity index (χ4n) is 7.79. The van der Waals surface area contributed by atoms with Crippen LogP contribution in [0.4, 0.5) is 0 Å². The molecule has 0 spiro atoms. The molecule has 1 saturated heterocycles. The third kappa shape index (κ3) is 3.47. The van der Waals surface area contributed by atoms with E-state index in [2.05, 4.69) is 119 Å². The number of nitrogens with zero attached hydrogens (tertiary/aromatic N) is 1. The molecule has 1 aromatic rings. The molecule has 180 valence electrons. The van der Waals surface area contributed by atoms with Crippen LogP contribution >= 0.6 is 0 Å². The summed E-state index contributed by atoms with van der Waals surface area (Å²) in [6.07, 6.45) is 1.25. The standard InChI is InChI=1S/C26H39NO2.C3H8/c1-16-17-14-12-13-15-18(17)22(2,3)23(4,5)19(16)24(6,7)27-25(8,9)20(21(28)29)26(27,10)11;1-3-2/h12-15,20H,1-11H3,(H,28,29);3H2,1-2H3. The van der Waals surface area contributed by atoms with Gasteiger partial charge in [-0.05, 0) is 81.6 Å². The molecule has 0 bridgehead atoms. The van der Waals surface area contributed by atoms with E-state index in [-0.39, 0.29) is 16.4 Å². The van der Waals surface area contributed by atoms with Crippen LogP contribution in [0, 0.1) is 11.3 Å². The van der Waals surface area contributed by atoms with Crippen molar-refractivity contribution in [3.05, 3.63) is 41.0 Å². The second kappa shape index (κ2) is 8.01. The van der Waals surface area contributed by atoms with Crippen molar-refractivity contribution in [2.45, 2.75) is 118 Å². The molecule has 0 atom stereocenters. The zero-order valence-electron chi connectivity index (χ0n) is 22.9. The summed E-state index contributed by atoms with van der Waals surface area (Å²) in [5.74, 6) is -1.10. The summed E-state index contributed by atoms with van der Waals surface area (Å²) in [7, 11) is 0. The van der Waals surface area contributed by atoms with Crippen molar-refractivity contribution in [2.24, 2.45) is 11.3 Å². The second-order valence-corrected chi connectivity index (χ2v) is 12.5. The molecule has 1 fully saturated rings. The van der Waals surface area contributed by atoms with Crippen molar-refractivity contribution in [1.82, 2.24) is 4.90 Å². The summed E-state index contributed by atoms with van der Waals surface area (Å²) in [4.78, 5) is 14.5. The lowest BCUT2D eigenvalue weighted by atomic mass is 9.50. The van der Waals surface area contributed by atoms with E-state index in [0.717, 1.165) is 0 Å². The monoisotopic (exact) mass is 441 g/mol. The predicted molar refractivity (Wildman–Crippen MR) is 137 cm³/mol. The van der Waals surface area contributed by atoms with E-state index in [9.17, 15) is 9.90 Å². The highest BCUT2D eigenvalue weighted by Crippen LogP contribution is 2.62. The summed E-state index contributed by atoms with van der Waals surface area (Å²) in [6.45, 7) is 28.8. The van der Waals surface area contributed by atoms with E-state index in [0.29, 0.717) is 0 Å². The first kappa shape index (κ1) is 26.6. The van der Waals surface area contributed by atoms with Crippen LogP contribution in [-0.2, 0) is 10.2 Å². The molecule has 3 nitrogen and oxygen atoms in total. The Kier molecular flexibility index (Phi) is 6.67. The molecular weight excluding hydrogens is 394 g/mol. The van der Waals surface area contributed by atoms with Gasteiger partial charge in [-0.15, -0.1) is 0 Å². The fourth-order valence-corrected chi connectivity index (χ4v) is 7.79. The Morgan fingerprint density at radius 2 is 1.38 bits per heavy atom. The second-order valence-electron chi connectivity index (χ2n) is 12.5. The number of carboxylic acid groups (broad SMARTS) is 1. The third-order valence-electron chi connectivity index (χ3n) is 8.55. The minimum absolute atomic E-state index is 0.0406. The lowest BCUT2D eigenvalue weighted by Gasteiger charge is -2.72. The summed E-state index contributed by atoms with van der Waals surface area (Å²) < 4.78 is 0. The summed E-state index contributed by atoms with van der Waals surface area (Å²) in [5, 5.41) is 9.93. The van der Waals surface area contributed by atoms with Crippen molar-refractivity contribution >= 4 is 11.5 Å². The molecule has 0 unspecified atom stereocenters. The Morgan fingerprint density at radius 1 is 0.938 bits per heavy atom. The number of carbonyl (C=O) groups is 1. The maximum atomic E-state index is 12.1. The van der Waals surface area contributed by atoms with Crippen LogP contribution in [0.1, 0.15) is 108 Å². The minimum atomic E-state index is -0.702. The van der Waals surface area contributed by atoms with Gasteiger partial charge in [0.25, 0.3) is 0 Å². The van der Waals surface area contributed by atoms with Gasteiger partial charge in [0.15, 0.2) is 0 Å².